The van der Waals surface area contributed by atoms with E-state index in [-0.39, 0.29) is 10.8 Å². The normalized spacial score (nSPS) is 13.8. The van der Waals surface area contributed by atoms with E-state index in [1.165, 1.54) is 0 Å². The van der Waals surface area contributed by atoms with Gasteiger partial charge in [0.15, 0.2) is 10.7 Å². The smallest absolute Gasteiger partial charge is 0.349 e. The number of aromatic nitrogens is 1. The van der Waals surface area contributed by atoms with Crippen LogP contribution in [0.4, 0.5) is 22.9 Å². The molecule has 0 radical (unpaired) electrons. The predicted molar refractivity (Wildman–Crippen MR) is 148 cm³/mol. The summed E-state index contributed by atoms with van der Waals surface area (Å²) in [6.07, 6.45) is 0. The monoisotopic (exact) mass is 513 g/mol. The van der Waals surface area contributed by atoms with Crippen LogP contribution in [0.3, 0.4) is 0 Å². The van der Waals surface area contributed by atoms with Crippen molar-refractivity contribution >= 4 is 46.1 Å². The molecule has 0 atom stereocenters. The third kappa shape index (κ3) is 5.79. The van der Waals surface area contributed by atoms with Gasteiger partial charge in [0.1, 0.15) is 5.01 Å². The van der Waals surface area contributed by atoms with Gasteiger partial charge in [-0.05, 0) is 55.6 Å². The molecule has 3 N–H and O–H groups in total. The number of anilines is 4. The Morgan fingerprint density at radius 1 is 0.892 bits per heavy atom. The number of aromatic carboxylic acids is 1. The number of nitrogens with one attached hydrogen (secondary N) is 2. The van der Waals surface area contributed by atoms with Crippen molar-refractivity contribution < 1.29 is 14.7 Å². The number of hydrogen-bond acceptors (Lipinski definition) is 7. The fourth-order valence-electron chi connectivity index (χ4n) is 4.15. The van der Waals surface area contributed by atoms with Crippen LogP contribution in [-0.2, 0) is 0 Å². The molecular formula is C28H27N5O3S. The quantitative estimate of drug-likeness (QED) is 0.310. The van der Waals surface area contributed by atoms with Crippen molar-refractivity contribution in [2.75, 3.05) is 48.8 Å². The van der Waals surface area contributed by atoms with Crippen LogP contribution in [0.5, 0.6) is 0 Å². The third-order valence-electron chi connectivity index (χ3n) is 6.22. The summed E-state index contributed by atoms with van der Waals surface area (Å²) in [6.45, 7) is 4.01. The maximum atomic E-state index is 12.5. The Hall–Kier alpha value is -4.21. The number of carboxylic acid groups (broad SMARTS) is 1. The van der Waals surface area contributed by atoms with Gasteiger partial charge < -0.3 is 25.5 Å². The summed E-state index contributed by atoms with van der Waals surface area (Å²) in [5.41, 5.74) is 3.79. The van der Waals surface area contributed by atoms with Crippen LogP contribution in [0.25, 0.3) is 10.6 Å². The van der Waals surface area contributed by atoms with Crippen LogP contribution in [0.1, 0.15) is 20.0 Å². The van der Waals surface area contributed by atoms with E-state index >= 15 is 0 Å². The number of amides is 1. The lowest BCUT2D eigenvalue weighted by Crippen LogP contribution is -2.44. The zero-order valence-corrected chi connectivity index (χ0v) is 21.2. The Morgan fingerprint density at radius 2 is 1.62 bits per heavy atom. The molecule has 4 aromatic rings. The summed E-state index contributed by atoms with van der Waals surface area (Å²) in [5, 5.41) is 16.4. The first-order valence-electron chi connectivity index (χ1n) is 12.0. The molecule has 0 saturated carbocycles. The van der Waals surface area contributed by atoms with E-state index in [2.05, 4.69) is 32.5 Å². The topological polar surface area (TPSA) is 97.8 Å². The van der Waals surface area contributed by atoms with Crippen molar-refractivity contribution in [2.45, 2.75) is 0 Å². The van der Waals surface area contributed by atoms with Gasteiger partial charge in [-0.25, -0.2) is 9.78 Å². The number of nitrogens with zero attached hydrogens (tertiary/aromatic N) is 3. The molecule has 0 unspecified atom stereocenters. The molecule has 9 heteroatoms. The summed E-state index contributed by atoms with van der Waals surface area (Å²) in [4.78, 5) is 33.9. The molecular weight excluding hydrogens is 486 g/mol. The number of hydrogen-bond donors (Lipinski definition) is 3. The number of thiazole rings is 1. The molecule has 188 valence electrons. The lowest BCUT2D eigenvalue weighted by molar-refractivity contribution is 0.0702. The molecule has 8 nitrogen and oxygen atoms in total. The molecule has 2 heterocycles. The van der Waals surface area contributed by atoms with Gasteiger partial charge in [0, 0.05) is 54.4 Å². The molecule has 1 saturated heterocycles. The van der Waals surface area contributed by atoms with Gasteiger partial charge in [-0.3, -0.25) is 4.79 Å². The molecule has 37 heavy (non-hydrogen) atoms. The van der Waals surface area contributed by atoms with Crippen LogP contribution in [0, 0.1) is 0 Å². The van der Waals surface area contributed by atoms with Gasteiger partial charge in [-0.2, -0.15) is 0 Å². The van der Waals surface area contributed by atoms with Gasteiger partial charge >= 0.3 is 5.97 Å². The van der Waals surface area contributed by atoms with Crippen molar-refractivity contribution in [3.8, 4) is 10.6 Å². The fourth-order valence-corrected chi connectivity index (χ4v) is 5.01. The van der Waals surface area contributed by atoms with E-state index in [4.69, 9.17) is 0 Å². The van der Waals surface area contributed by atoms with E-state index in [0.717, 1.165) is 54.5 Å². The first-order chi connectivity index (χ1) is 18.0. The van der Waals surface area contributed by atoms with Crippen molar-refractivity contribution in [2.24, 2.45) is 0 Å². The summed E-state index contributed by atoms with van der Waals surface area (Å²) in [5.74, 6) is -0.974. The van der Waals surface area contributed by atoms with Gasteiger partial charge in [-0.15, -0.1) is 11.3 Å². The maximum Gasteiger partial charge on any atom is 0.349 e. The van der Waals surface area contributed by atoms with E-state index in [0.29, 0.717) is 22.1 Å². The van der Waals surface area contributed by atoms with Crippen LogP contribution in [0.2, 0.25) is 0 Å². The van der Waals surface area contributed by atoms with E-state index in [1.807, 2.05) is 54.6 Å². The van der Waals surface area contributed by atoms with Crippen molar-refractivity contribution in [1.82, 2.24) is 9.88 Å². The average molecular weight is 514 g/mol. The average Bonchev–Trinajstić information content (AvgIpc) is 3.34. The molecule has 1 aliphatic heterocycles. The zero-order valence-electron chi connectivity index (χ0n) is 20.3. The predicted octanol–water partition coefficient (Wildman–Crippen LogP) is 5.26. The SMILES string of the molecule is CN1CCN(c2ccc(Nc3nc(-c4cccc(NC(=O)c5ccccc5)c4)sc3C(=O)O)cc2)CC1. The number of likely N-dealkylation sites (N-methyl/N-ethyl adjacent to an activating group) is 1. The largest absolute Gasteiger partial charge is 0.477 e. The van der Waals surface area contributed by atoms with Crippen LogP contribution in [0.15, 0.2) is 78.9 Å². The Labute approximate surface area is 219 Å². The number of carboxylic acids is 1. The molecule has 0 bridgehead atoms. The zero-order chi connectivity index (χ0) is 25.8. The number of piperazine rings is 1. The number of benzene rings is 3. The number of carbonyl (C=O) groups excluding carboxylic acids is 1. The summed E-state index contributed by atoms with van der Waals surface area (Å²) in [6, 6.07) is 24.2. The van der Waals surface area contributed by atoms with Gasteiger partial charge in [0.2, 0.25) is 0 Å². The summed E-state index contributed by atoms with van der Waals surface area (Å²) in [7, 11) is 2.13. The Kier molecular flexibility index (Phi) is 7.16. The minimum atomic E-state index is -1.05. The van der Waals surface area contributed by atoms with E-state index in [9.17, 15) is 14.7 Å². The molecule has 0 spiro atoms. The van der Waals surface area contributed by atoms with Crippen LogP contribution < -0.4 is 15.5 Å². The summed E-state index contributed by atoms with van der Waals surface area (Å²) < 4.78 is 0. The third-order valence-corrected chi connectivity index (χ3v) is 7.32. The summed E-state index contributed by atoms with van der Waals surface area (Å²) >= 11 is 1.09. The first-order valence-corrected chi connectivity index (χ1v) is 12.8. The van der Waals surface area contributed by atoms with Gasteiger partial charge in [0.05, 0.1) is 0 Å². The van der Waals surface area contributed by atoms with Crippen LogP contribution >= 0.6 is 11.3 Å². The minimum absolute atomic E-state index is 0.122. The Bertz CT molecular complexity index is 1400. The molecule has 0 aliphatic carbocycles. The van der Waals surface area contributed by atoms with Gasteiger partial charge in [-0.1, -0.05) is 30.3 Å². The van der Waals surface area contributed by atoms with Gasteiger partial charge in [0.25, 0.3) is 5.91 Å². The minimum Gasteiger partial charge on any atom is -0.477 e. The van der Waals surface area contributed by atoms with E-state index < -0.39 is 5.97 Å². The highest BCUT2D eigenvalue weighted by molar-refractivity contribution is 7.17. The lowest BCUT2D eigenvalue weighted by Gasteiger charge is -2.34. The second kappa shape index (κ2) is 10.8. The second-order valence-corrected chi connectivity index (χ2v) is 9.86. The number of carbonyl (C=O) groups is 2. The maximum absolute atomic E-state index is 12.5. The van der Waals surface area contributed by atoms with Crippen LogP contribution in [-0.4, -0.2) is 60.1 Å². The number of rotatable bonds is 7. The molecule has 1 fully saturated rings. The Morgan fingerprint density at radius 3 is 2.32 bits per heavy atom. The highest BCUT2D eigenvalue weighted by atomic mass is 32.1. The highest BCUT2D eigenvalue weighted by Gasteiger charge is 2.20. The fraction of sp³-hybridized carbons (Fsp3) is 0.179. The highest BCUT2D eigenvalue weighted by Crippen LogP contribution is 2.34. The molecule has 1 aliphatic rings. The lowest BCUT2D eigenvalue weighted by atomic mass is 10.2. The van der Waals surface area contributed by atoms with E-state index in [1.54, 1.807) is 24.3 Å². The standard InChI is InChI=1S/C28H27N5O3S/c1-32-14-16-33(17-15-32)23-12-10-21(11-13-23)29-25-24(28(35)36)37-27(31-25)20-8-5-9-22(18-20)30-26(34)19-6-3-2-4-7-19/h2-13,18,29H,14-17H2,1H3,(H,30,34)(H,35,36). The second-order valence-electron chi connectivity index (χ2n) is 8.87. The Balaban J connectivity index is 1.33. The molecule has 5 rings (SSSR count). The first kappa shape index (κ1) is 24.5. The molecule has 3 aromatic carbocycles. The molecule has 1 amide bonds. The molecule has 1 aromatic heterocycles. The van der Waals surface area contributed by atoms with Crippen molar-refractivity contribution in [3.05, 3.63) is 89.3 Å². The van der Waals surface area contributed by atoms with Crippen molar-refractivity contribution in [1.29, 1.82) is 0 Å². The van der Waals surface area contributed by atoms with Crippen molar-refractivity contribution in [3.63, 3.8) is 0 Å².